The average molecular weight is 412 g/mol. The molecule has 1 amide bonds. The fourth-order valence-corrected chi connectivity index (χ4v) is 4.22. The maximum Gasteiger partial charge on any atom is 0.339 e. The average Bonchev–Trinajstić information content (AvgIpc) is 3.27. The molecule has 0 saturated carbocycles. The summed E-state index contributed by atoms with van der Waals surface area (Å²) < 4.78 is 5.29. The van der Waals surface area contributed by atoms with Crippen molar-refractivity contribution in [3.63, 3.8) is 0 Å². The lowest BCUT2D eigenvalue weighted by molar-refractivity contribution is -0.127. The van der Waals surface area contributed by atoms with Gasteiger partial charge in [-0.2, -0.15) is 0 Å². The van der Waals surface area contributed by atoms with Crippen LogP contribution in [-0.4, -0.2) is 48.0 Å². The Bertz CT molecular complexity index is 919. The fourth-order valence-electron chi connectivity index (χ4n) is 3.28. The number of ketones is 1. The third-order valence-corrected chi connectivity index (χ3v) is 6.00. The molecule has 6 heteroatoms. The summed E-state index contributed by atoms with van der Waals surface area (Å²) in [5, 5.41) is 0. The lowest BCUT2D eigenvalue weighted by Gasteiger charge is -2.15. The molecule has 2 aromatic carbocycles. The van der Waals surface area contributed by atoms with E-state index in [0.717, 1.165) is 37.1 Å². The highest BCUT2D eigenvalue weighted by atomic mass is 32.2. The van der Waals surface area contributed by atoms with Crippen molar-refractivity contribution in [2.75, 3.05) is 25.4 Å². The monoisotopic (exact) mass is 411 g/mol. The van der Waals surface area contributed by atoms with E-state index >= 15 is 0 Å². The van der Waals surface area contributed by atoms with Gasteiger partial charge in [0.2, 0.25) is 11.7 Å². The molecular formula is C23H25NO4S. The zero-order chi connectivity index (χ0) is 20.8. The number of amides is 1. The molecule has 0 radical (unpaired) electrons. The molecule has 1 saturated heterocycles. The Morgan fingerprint density at radius 1 is 1.00 bits per heavy atom. The molecule has 3 rings (SSSR count). The predicted octanol–water partition coefficient (Wildman–Crippen LogP) is 4.06. The van der Waals surface area contributed by atoms with E-state index in [0.29, 0.717) is 16.0 Å². The lowest BCUT2D eigenvalue weighted by atomic mass is 10.0. The number of aryl methyl sites for hydroxylation is 2. The van der Waals surface area contributed by atoms with Crippen molar-refractivity contribution < 1.29 is 19.1 Å². The van der Waals surface area contributed by atoms with E-state index in [1.54, 1.807) is 24.3 Å². The van der Waals surface area contributed by atoms with Gasteiger partial charge in [-0.05, 0) is 50.5 Å². The molecule has 0 aliphatic carbocycles. The highest BCUT2D eigenvalue weighted by Gasteiger charge is 2.20. The number of hydrogen-bond donors (Lipinski definition) is 0. The van der Waals surface area contributed by atoms with Crippen LogP contribution in [0.5, 0.6) is 0 Å². The fraction of sp³-hybridized carbons (Fsp3) is 0.348. The van der Waals surface area contributed by atoms with Gasteiger partial charge < -0.3 is 9.64 Å². The Morgan fingerprint density at radius 2 is 1.72 bits per heavy atom. The van der Waals surface area contributed by atoms with Crippen molar-refractivity contribution in [2.45, 2.75) is 31.6 Å². The van der Waals surface area contributed by atoms with Gasteiger partial charge in [0.1, 0.15) is 0 Å². The SMILES string of the molecule is Cc1ccc(C)c(C(=O)COC(=O)c2ccccc2SCC(=O)N2CCCC2)c1. The highest BCUT2D eigenvalue weighted by Crippen LogP contribution is 2.24. The van der Waals surface area contributed by atoms with Crippen LogP contribution in [0.15, 0.2) is 47.4 Å². The first-order chi connectivity index (χ1) is 14.0. The molecular weight excluding hydrogens is 386 g/mol. The number of carbonyl (C=O) groups is 3. The Balaban J connectivity index is 1.61. The molecule has 0 unspecified atom stereocenters. The molecule has 0 bridgehead atoms. The largest absolute Gasteiger partial charge is 0.454 e. The molecule has 1 heterocycles. The van der Waals surface area contributed by atoms with E-state index in [1.807, 2.05) is 36.9 Å². The third-order valence-electron chi connectivity index (χ3n) is 4.94. The number of thioether (sulfide) groups is 1. The molecule has 0 spiro atoms. The van der Waals surface area contributed by atoms with Crippen LogP contribution in [0.3, 0.4) is 0 Å². The highest BCUT2D eigenvalue weighted by molar-refractivity contribution is 8.00. The Hall–Kier alpha value is -2.60. The second kappa shape index (κ2) is 9.74. The first-order valence-electron chi connectivity index (χ1n) is 9.73. The zero-order valence-corrected chi connectivity index (χ0v) is 17.6. The van der Waals surface area contributed by atoms with Crippen LogP contribution in [-0.2, 0) is 9.53 Å². The normalized spacial score (nSPS) is 13.4. The number of nitrogens with zero attached hydrogens (tertiary/aromatic N) is 1. The number of ether oxygens (including phenoxy) is 1. The van der Waals surface area contributed by atoms with E-state index in [4.69, 9.17) is 4.74 Å². The van der Waals surface area contributed by atoms with Gasteiger partial charge in [0, 0.05) is 23.5 Å². The molecule has 0 aromatic heterocycles. The van der Waals surface area contributed by atoms with Crippen LogP contribution in [0.25, 0.3) is 0 Å². The zero-order valence-electron chi connectivity index (χ0n) is 16.8. The van der Waals surface area contributed by atoms with Crippen LogP contribution in [0.4, 0.5) is 0 Å². The standard InChI is InChI=1S/C23H25NO4S/c1-16-9-10-17(2)19(13-16)20(25)14-28-23(27)18-7-3-4-8-21(18)29-15-22(26)24-11-5-6-12-24/h3-4,7-10,13H,5-6,11-12,14-15H2,1-2H3. The van der Waals surface area contributed by atoms with E-state index in [9.17, 15) is 14.4 Å². The van der Waals surface area contributed by atoms with E-state index < -0.39 is 5.97 Å². The first-order valence-corrected chi connectivity index (χ1v) is 10.7. The van der Waals surface area contributed by atoms with Gasteiger partial charge in [-0.3, -0.25) is 9.59 Å². The number of Topliss-reactive ketones (excluding diaryl/α,β-unsaturated/α-hetero) is 1. The number of likely N-dealkylation sites (tertiary alicyclic amines) is 1. The van der Waals surface area contributed by atoms with Gasteiger partial charge in [-0.1, -0.05) is 29.8 Å². The van der Waals surface area contributed by atoms with Gasteiger partial charge in [-0.15, -0.1) is 11.8 Å². The van der Waals surface area contributed by atoms with Crippen LogP contribution in [0.2, 0.25) is 0 Å². The summed E-state index contributed by atoms with van der Waals surface area (Å²) in [6.45, 7) is 5.08. The second-order valence-electron chi connectivity index (χ2n) is 7.19. The summed E-state index contributed by atoms with van der Waals surface area (Å²) >= 11 is 1.33. The van der Waals surface area contributed by atoms with Crippen molar-refractivity contribution in [1.29, 1.82) is 0 Å². The smallest absolute Gasteiger partial charge is 0.339 e. The number of rotatable bonds is 7. The number of esters is 1. The Kier molecular flexibility index (Phi) is 7.09. The van der Waals surface area contributed by atoms with Crippen molar-refractivity contribution >= 4 is 29.4 Å². The first kappa shape index (κ1) is 21.1. The van der Waals surface area contributed by atoms with Crippen molar-refractivity contribution in [3.05, 3.63) is 64.7 Å². The maximum absolute atomic E-state index is 12.6. The van der Waals surface area contributed by atoms with Gasteiger partial charge in [-0.25, -0.2) is 4.79 Å². The summed E-state index contributed by atoms with van der Waals surface area (Å²) in [6, 6.07) is 12.6. The minimum atomic E-state index is -0.555. The predicted molar refractivity (Wildman–Crippen MR) is 114 cm³/mol. The quantitative estimate of drug-likeness (QED) is 0.391. The molecule has 5 nitrogen and oxygen atoms in total. The Labute approximate surface area is 175 Å². The molecule has 29 heavy (non-hydrogen) atoms. The molecule has 1 fully saturated rings. The minimum absolute atomic E-state index is 0.0840. The molecule has 1 aliphatic heterocycles. The maximum atomic E-state index is 12.6. The third kappa shape index (κ3) is 5.48. The van der Waals surface area contributed by atoms with Gasteiger partial charge in [0.25, 0.3) is 0 Å². The number of carbonyl (C=O) groups excluding carboxylic acids is 3. The summed E-state index contributed by atoms with van der Waals surface area (Å²) in [5.74, 6) is -0.416. The summed E-state index contributed by atoms with van der Waals surface area (Å²) in [6.07, 6.45) is 2.10. The molecule has 2 aromatic rings. The van der Waals surface area contributed by atoms with Crippen LogP contribution >= 0.6 is 11.8 Å². The number of hydrogen-bond acceptors (Lipinski definition) is 5. The molecule has 0 atom stereocenters. The van der Waals surface area contributed by atoms with E-state index in [-0.39, 0.29) is 24.1 Å². The molecule has 0 N–H and O–H groups in total. The van der Waals surface area contributed by atoms with Crippen molar-refractivity contribution in [1.82, 2.24) is 4.90 Å². The topological polar surface area (TPSA) is 63.7 Å². The van der Waals surface area contributed by atoms with Crippen LogP contribution < -0.4 is 0 Å². The van der Waals surface area contributed by atoms with E-state index in [2.05, 4.69) is 0 Å². The minimum Gasteiger partial charge on any atom is -0.454 e. The Morgan fingerprint density at radius 3 is 2.48 bits per heavy atom. The van der Waals surface area contributed by atoms with Crippen LogP contribution in [0, 0.1) is 13.8 Å². The van der Waals surface area contributed by atoms with Crippen molar-refractivity contribution in [2.24, 2.45) is 0 Å². The summed E-state index contributed by atoms with van der Waals surface area (Å²) in [7, 11) is 0. The van der Waals surface area contributed by atoms with E-state index in [1.165, 1.54) is 11.8 Å². The summed E-state index contributed by atoms with van der Waals surface area (Å²) in [5.41, 5.74) is 2.78. The van der Waals surface area contributed by atoms with Gasteiger partial charge >= 0.3 is 5.97 Å². The van der Waals surface area contributed by atoms with Crippen molar-refractivity contribution in [3.8, 4) is 0 Å². The van der Waals surface area contributed by atoms with Crippen LogP contribution in [0.1, 0.15) is 44.7 Å². The molecule has 1 aliphatic rings. The summed E-state index contributed by atoms with van der Waals surface area (Å²) in [4.78, 5) is 39.9. The number of benzene rings is 2. The lowest BCUT2D eigenvalue weighted by Crippen LogP contribution is -2.29. The van der Waals surface area contributed by atoms with Gasteiger partial charge in [0.15, 0.2) is 6.61 Å². The molecule has 152 valence electrons. The second-order valence-corrected chi connectivity index (χ2v) is 8.21. The van der Waals surface area contributed by atoms with Gasteiger partial charge in [0.05, 0.1) is 11.3 Å².